The first-order valence-corrected chi connectivity index (χ1v) is 7.15. The van der Waals surface area contributed by atoms with Crippen LogP contribution in [0.4, 0.5) is 4.79 Å². The maximum absolute atomic E-state index is 11.6. The van der Waals surface area contributed by atoms with Gasteiger partial charge in [-0.25, -0.2) is 4.79 Å². The van der Waals surface area contributed by atoms with Crippen molar-refractivity contribution in [3.05, 3.63) is 0 Å². The standard InChI is InChI=1S/C14H26N2O2/c1-14(2,3)18-13(17)15-9-11-5-4-8-16(10-11)12-6-7-12/h11-12H,4-10H2,1-3H3,(H,15,17)/t11-/m0/s1. The molecule has 0 aromatic heterocycles. The Hall–Kier alpha value is -0.770. The largest absolute Gasteiger partial charge is 0.444 e. The van der Waals surface area contributed by atoms with Crippen LogP contribution in [0, 0.1) is 5.92 Å². The molecular weight excluding hydrogens is 228 g/mol. The highest BCUT2D eigenvalue weighted by Gasteiger charge is 2.32. The van der Waals surface area contributed by atoms with Crippen molar-refractivity contribution in [1.82, 2.24) is 10.2 Å². The molecule has 4 heteroatoms. The van der Waals surface area contributed by atoms with Crippen LogP contribution in [0.1, 0.15) is 46.5 Å². The highest BCUT2D eigenvalue weighted by molar-refractivity contribution is 5.67. The minimum Gasteiger partial charge on any atom is -0.444 e. The van der Waals surface area contributed by atoms with E-state index in [2.05, 4.69) is 10.2 Å². The summed E-state index contributed by atoms with van der Waals surface area (Å²) in [5, 5.41) is 2.90. The highest BCUT2D eigenvalue weighted by Crippen LogP contribution is 2.30. The predicted octanol–water partition coefficient (Wildman–Crippen LogP) is 2.39. The number of nitrogens with one attached hydrogen (secondary N) is 1. The molecule has 0 spiro atoms. The molecule has 1 aliphatic heterocycles. The van der Waals surface area contributed by atoms with Crippen molar-refractivity contribution in [2.24, 2.45) is 5.92 Å². The summed E-state index contributed by atoms with van der Waals surface area (Å²) in [5.74, 6) is 0.590. The van der Waals surface area contributed by atoms with Gasteiger partial charge in [0, 0.05) is 19.1 Å². The quantitative estimate of drug-likeness (QED) is 0.841. The average Bonchev–Trinajstić information content (AvgIpc) is 3.08. The third kappa shape index (κ3) is 4.48. The van der Waals surface area contributed by atoms with Crippen LogP contribution in [-0.4, -0.2) is 42.3 Å². The van der Waals surface area contributed by atoms with Gasteiger partial charge in [-0.3, -0.25) is 0 Å². The maximum atomic E-state index is 11.6. The van der Waals surface area contributed by atoms with Crippen LogP contribution in [-0.2, 0) is 4.74 Å². The third-order valence-corrected chi connectivity index (χ3v) is 3.55. The molecule has 4 nitrogen and oxygen atoms in total. The molecule has 0 radical (unpaired) electrons. The highest BCUT2D eigenvalue weighted by atomic mass is 16.6. The van der Waals surface area contributed by atoms with Crippen LogP contribution in [0.3, 0.4) is 0 Å². The molecule has 0 aromatic carbocycles. The minimum atomic E-state index is -0.406. The van der Waals surface area contributed by atoms with Gasteiger partial charge in [0.2, 0.25) is 0 Å². The fraction of sp³-hybridized carbons (Fsp3) is 0.929. The molecule has 0 unspecified atom stereocenters. The van der Waals surface area contributed by atoms with Gasteiger partial charge in [0.05, 0.1) is 0 Å². The summed E-state index contributed by atoms with van der Waals surface area (Å²) >= 11 is 0. The first-order chi connectivity index (χ1) is 8.44. The number of ether oxygens (including phenoxy) is 1. The Labute approximate surface area is 110 Å². The molecule has 1 aliphatic carbocycles. The Morgan fingerprint density at radius 2 is 2.06 bits per heavy atom. The maximum Gasteiger partial charge on any atom is 0.407 e. The first-order valence-electron chi connectivity index (χ1n) is 7.15. The molecule has 18 heavy (non-hydrogen) atoms. The van der Waals surface area contributed by atoms with E-state index in [1.54, 1.807) is 0 Å². The van der Waals surface area contributed by atoms with E-state index in [1.807, 2.05) is 20.8 Å². The van der Waals surface area contributed by atoms with E-state index < -0.39 is 5.60 Å². The van der Waals surface area contributed by atoms with E-state index in [1.165, 1.54) is 32.2 Å². The zero-order valence-corrected chi connectivity index (χ0v) is 11.9. The molecule has 0 bridgehead atoms. The molecule has 2 fully saturated rings. The number of alkyl carbamates (subject to hydrolysis) is 1. The summed E-state index contributed by atoms with van der Waals surface area (Å²) < 4.78 is 5.25. The fourth-order valence-corrected chi connectivity index (χ4v) is 2.58. The van der Waals surface area contributed by atoms with E-state index in [-0.39, 0.29) is 6.09 Å². The van der Waals surface area contributed by atoms with Crippen molar-refractivity contribution in [2.45, 2.75) is 58.1 Å². The van der Waals surface area contributed by atoms with Gasteiger partial charge in [0.25, 0.3) is 0 Å². The summed E-state index contributed by atoms with van der Waals surface area (Å²) in [5.41, 5.74) is -0.406. The van der Waals surface area contributed by atoms with E-state index in [4.69, 9.17) is 4.74 Å². The summed E-state index contributed by atoms with van der Waals surface area (Å²) in [6.45, 7) is 8.80. The van der Waals surface area contributed by atoms with E-state index in [0.29, 0.717) is 5.92 Å². The molecule has 1 atom stereocenters. The zero-order chi connectivity index (χ0) is 13.2. The molecule has 1 saturated carbocycles. The van der Waals surface area contributed by atoms with Gasteiger partial charge >= 0.3 is 6.09 Å². The second-order valence-electron chi connectivity index (χ2n) is 6.62. The first kappa shape index (κ1) is 13.7. The number of hydrogen-bond donors (Lipinski definition) is 1. The molecule has 0 aromatic rings. The summed E-state index contributed by atoms with van der Waals surface area (Å²) in [6, 6.07) is 0.842. The number of hydrogen-bond acceptors (Lipinski definition) is 3. The normalized spacial score (nSPS) is 25.8. The molecule has 2 aliphatic rings. The fourth-order valence-electron chi connectivity index (χ4n) is 2.58. The van der Waals surface area contributed by atoms with E-state index >= 15 is 0 Å². The number of nitrogens with zero attached hydrogens (tertiary/aromatic N) is 1. The lowest BCUT2D eigenvalue weighted by Gasteiger charge is -2.33. The van der Waals surface area contributed by atoms with Crippen LogP contribution in [0.2, 0.25) is 0 Å². The summed E-state index contributed by atoms with van der Waals surface area (Å²) in [7, 11) is 0. The van der Waals surface area contributed by atoms with Gasteiger partial charge in [-0.2, -0.15) is 0 Å². The van der Waals surface area contributed by atoms with Crippen LogP contribution >= 0.6 is 0 Å². The molecule has 2 rings (SSSR count). The van der Waals surface area contributed by atoms with Gasteiger partial charge in [-0.05, 0) is 58.9 Å². The van der Waals surface area contributed by atoms with Gasteiger partial charge < -0.3 is 15.0 Å². The zero-order valence-electron chi connectivity index (χ0n) is 11.9. The van der Waals surface area contributed by atoms with Gasteiger partial charge in [-0.1, -0.05) is 0 Å². The van der Waals surface area contributed by atoms with Crippen LogP contribution in [0.25, 0.3) is 0 Å². The number of piperidine rings is 1. The van der Waals surface area contributed by atoms with Crippen molar-refractivity contribution in [1.29, 1.82) is 0 Å². The van der Waals surface area contributed by atoms with E-state index in [0.717, 1.165) is 19.1 Å². The smallest absolute Gasteiger partial charge is 0.407 e. The molecule has 1 saturated heterocycles. The Morgan fingerprint density at radius 3 is 2.67 bits per heavy atom. The topological polar surface area (TPSA) is 41.6 Å². The molecular formula is C14H26N2O2. The minimum absolute atomic E-state index is 0.286. The van der Waals surface area contributed by atoms with Gasteiger partial charge in [-0.15, -0.1) is 0 Å². The monoisotopic (exact) mass is 254 g/mol. The number of carbonyl (C=O) groups is 1. The van der Waals surface area contributed by atoms with Gasteiger partial charge in [0.15, 0.2) is 0 Å². The predicted molar refractivity (Wildman–Crippen MR) is 71.6 cm³/mol. The SMILES string of the molecule is CC(C)(C)OC(=O)NC[C@@H]1CCCN(C2CC2)C1. The van der Waals surface area contributed by atoms with Crippen LogP contribution in [0.15, 0.2) is 0 Å². The summed E-state index contributed by atoms with van der Waals surface area (Å²) in [4.78, 5) is 14.2. The Balaban J connectivity index is 1.67. The van der Waals surface area contributed by atoms with Crippen molar-refractivity contribution >= 4 is 6.09 Å². The Bertz CT molecular complexity index is 295. The second-order valence-corrected chi connectivity index (χ2v) is 6.62. The van der Waals surface area contributed by atoms with Crippen LogP contribution in [0.5, 0.6) is 0 Å². The Kier molecular flexibility index (Phi) is 4.15. The lowest BCUT2D eigenvalue weighted by atomic mass is 9.98. The number of carbonyl (C=O) groups excluding carboxylic acids is 1. The van der Waals surface area contributed by atoms with Crippen molar-refractivity contribution in [3.63, 3.8) is 0 Å². The molecule has 1 amide bonds. The van der Waals surface area contributed by atoms with Crippen molar-refractivity contribution < 1.29 is 9.53 Å². The second kappa shape index (κ2) is 5.47. The van der Waals surface area contributed by atoms with Gasteiger partial charge in [0.1, 0.15) is 5.60 Å². The van der Waals surface area contributed by atoms with Crippen molar-refractivity contribution in [3.8, 4) is 0 Å². The third-order valence-electron chi connectivity index (χ3n) is 3.55. The molecule has 1 N–H and O–H groups in total. The average molecular weight is 254 g/mol. The summed E-state index contributed by atoms with van der Waals surface area (Å²) in [6.07, 6.45) is 4.93. The number of amides is 1. The lowest BCUT2D eigenvalue weighted by Crippen LogP contribution is -2.42. The van der Waals surface area contributed by atoms with Crippen molar-refractivity contribution in [2.75, 3.05) is 19.6 Å². The number of rotatable bonds is 3. The molecule has 1 heterocycles. The van der Waals surface area contributed by atoms with E-state index in [9.17, 15) is 4.79 Å². The Morgan fingerprint density at radius 1 is 1.33 bits per heavy atom. The lowest BCUT2D eigenvalue weighted by molar-refractivity contribution is 0.0506. The molecule has 104 valence electrons. The number of likely N-dealkylation sites (tertiary alicyclic amines) is 1. The van der Waals surface area contributed by atoms with Crippen LogP contribution < -0.4 is 5.32 Å².